The molecule has 0 saturated carbocycles. The van der Waals surface area contributed by atoms with Crippen LogP contribution in [0, 0.1) is 0 Å². The largest absolute Gasteiger partial charge is 0.511 e. The molecule has 0 amide bonds. The van der Waals surface area contributed by atoms with Crippen LogP contribution in [-0.4, -0.2) is 32.2 Å². The summed E-state index contributed by atoms with van der Waals surface area (Å²) in [5, 5.41) is 40.1. The van der Waals surface area contributed by atoms with Gasteiger partial charge in [0.05, 0.1) is 5.52 Å². The Kier molecular flexibility index (Phi) is 7.83. The zero-order valence-electron chi connectivity index (χ0n) is 21.9. The number of nitrogens with zero attached hydrogens (tertiary/aromatic N) is 3. The first-order valence-electron chi connectivity index (χ1n) is 12.8. The summed E-state index contributed by atoms with van der Waals surface area (Å²) >= 11 is 0. The van der Waals surface area contributed by atoms with Crippen molar-refractivity contribution in [2.75, 3.05) is 0 Å². The molecular weight excluding hydrogens is 551 g/mol. The van der Waals surface area contributed by atoms with Gasteiger partial charge in [0.2, 0.25) is 5.88 Å². The van der Waals surface area contributed by atoms with Gasteiger partial charge >= 0.3 is 12.3 Å². The summed E-state index contributed by atoms with van der Waals surface area (Å²) in [6.07, 6.45) is -6.25. The van der Waals surface area contributed by atoms with Crippen molar-refractivity contribution >= 4 is 28.4 Å². The third kappa shape index (κ3) is 6.20. The first-order chi connectivity index (χ1) is 20.1. The van der Waals surface area contributed by atoms with Crippen molar-refractivity contribution in [1.82, 2.24) is 4.57 Å². The van der Waals surface area contributed by atoms with Crippen LogP contribution in [0.2, 0.25) is 0 Å². The second-order valence-electron chi connectivity index (χ2n) is 9.43. The Balaban J connectivity index is 1.46. The van der Waals surface area contributed by atoms with E-state index in [1.165, 1.54) is 18.2 Å². The second-order valence-corrected chi connectivity index (χ2v) is 9.43. The van der Waals surface area contributed by atoms with Crippen LogP contribution in [0.25, 0.3) is 27.7 Å². The summed E-state index contributed by atoms with van der Waals surface area (Å²) < 4.78 is 43.8. The second kappa shape index (κ2) is 11.7. The van der Waals surface area contributed by atoms with E-state index in [-0.39, 0.29) is 41.6 Å². The van der Waals surface area contributed by atoms with Gasteiger partial charge in [-0.1, -0.05) is 54.6 Å². The van der Waals surface area contributed by atoms with E-state index in [1.807, 2.05) is 0 Å². The SMILES string of the molecule is O=C(O)Oc1cccc(-c2cccc(N=Nc3c(O)n(-c4ccc(CCCC(F)(F)F)cc4)c4ccccc34)c2O)c1. The number of phenolic OH excluding ortho intramolecular Hbond substituents is 1. The summed E-state index contributed by atoms with van der Waals surface area (Å²) in [4.78, 5) is 10.9. The van der Waals surface area contributed by atoms with Gasteiger partial charge in [-0.3, -0.25) is 4.57 Å². The molecule has 1 heterocycles. The van der Waals surface area contributed by atoms with Crippen LogP contribution in [0.1, 0.15) is 18.4 Å². The van der Waals surface area contributed by atoms with Crippen LogP contribution in [0.5, 0.6) is 17.4 Å². The van der Waals surface area contributed by atoms with Crippen molar-refractivity contribution in [1.29, 1.82) is 0 Å². The number of hydrogen-bond acceptors (Lipinski definition) is 6. The van der Waals surface area contributed by atoms with Crippen molar-refractivity contribution in [3.05, 3.63) is 96.6 Å². The number of aromatic nitrogens is 1. The number of aryl methyl sites for hydroxylation is 1. The summed E-state index contributed by atoms with van der Waals surface area (Å²) in [6.45, 7) is 0. The molecule has 0 fully saturated rings. The van der Waals surface area contributed by atoms with Crippen molar-refractivity contribution in [2.24, 2.45) is 10.2 Å². The number of hydrogen-bond donors (Lipinski definition) is 3. The predicted molar refractivity (Wildman–Crippen MR) is 150 cm³/mol. The third-order valence-electron chi connectivity index (χ3n) is 6.57. The van der Waals surface area contributed by atoms with Gasteiger partial charge in [-0.05, 0) is 60.4 Å². The molecule has 0 aliphatic carbocycles. The molecule has 0 bridgehead atoms. The van der Waals surface area contributed by atoms with Crippen LogP contribution in [-0.2, 0) is 6.42 Å². The molecule has 0 atom stereocenters. The van der Waals surface area contributed by atoms with E-state index in [0.29, 0.717) is 27.7 Å². The molecule has 8 nitrogen and oxygen atoms in total. The highest BCUT2D eigenvalue weighted by molar-refractivity contribution is 5.96. The Morgan fingerprint density at radius 2 is 1.62 bits per heavy atom. The fourth-order valence-electron chi connectivity index (χ4n) is 4.65. The van der Waals surface area contributed by atoms with Gasteiger partial charge in [-0.15, -0.1) is 10.2 Å². The highest BCUT2D eigenvalue weighted by Crippen LogP contribution is 2.43. The number of benzene rings is 4. The van der Waals surface area contributed by atoms with Crippen molar-refractivity contribution in [3.63, 3.8) is 0 Å². The highest BCUT2D eigenvalue weighted by atomic mass is 19.4. The predicted octanol–water partition coefficient (Wildman–Crippen LogP) is 9.07. The molecule has 11 heteroatoms. The van der Waals surface area contributed by atoms with Crippen molar-refractivity contribution in [2.45, 2.75) is 25.4 Å². The van der Waals surface area contributed by atoms with Crippen LogP contribution < -0.4 is 4.74 Å². The number of halogens is 3. The first-order valence-corrected chi connectivity index (χ1v) is 12.8. The fraction of sp³-hybridized carbons (Fsp3) is 0.129. The number of carboxylic acid groups (broad SMARTS) is 1. The van der Waals surface area contributed by atoms with Gasteiger partial charge in [0.15, 0.2) is 11.4 Å². The Labute approximate surface area is 237 Å². The smallest absolute Gasteiger partial charge is 0.505 e. The topological polar surface area (TPSA) is 117 Å². The minimum atomic E-state index is -4.19. The zero-order valence-corrected chi connectivity index (χ0v) is 21.9. The molecular formula is C31H24F3N3O5. The quantitative estimate of drug-likeness (QED) is 0.0969. The first kappa shape index (κ1) is 28.2. The number of alkyl halides is 3. The molecule has 0 saturated heterocycles. The molecule has 3 N–H and O–H groups in total. The molecule has 0 spiro atoms. The maximum atomic E-state index is 12.5. The molecule has 0 unspecified atom stereocenters. The molecule has 1 aromatic heterocycles. The molecule has 0 radical (unpaired) electrons. The van der Waals surface area contributed by atoms with E-state index in [1.54, 1.807) is 77.4 Å². The van der Waals surface area contributed by atoms with Gasteiger partial charge in [-0.25, -0.2) is 4.79 Å². The number of azo groups is 1. The standard InChI is InChI=1S/C31H24F3N3O5/c32-31(33,34)17-5-6-19-13-15-21(16-14-19)37-26-12-2-1-9-24(26)27(29(37)39)36-35-25-11-4-10-23(28(25)38)20-7-3-8-22(18-20)42-30(40)41/h1-4,7-16,18,38-39H,5-6,17H2,(H,40,41). The molecule has 5 aromatic rings. The number of para-hydroxylation sites is 2. The van der Waals surface area contributed by atoms with E-state index in [0.717, 1.165) is 5.56 Å². The minimum Gasteiger partial charge on any atom is -0.505 e. The molecule has 0 aliphatic rings. The van der Waals surface area contributed by atoms with Gasteiger partial charge < -0.3 is 20.1 Å². The fourth-order valence-corrected chi connectivity index (χ4v) is 4.65. The van der Waals surface area contributed by atoms with Gasteiger partial charge in [-0.2, -0.15) is 13.2 Å². The normalized spacial score (nSPS) is 11.8. The lowest BCUT2D eigenvalue weighted by atomic mass is 10.0. The number of fused-ring (bicyclic) bond motifs is 1. The molecule has 214 valence electrons. The maximum Gasteiger partial charge on any atom is 0.511 e. The maximum absolute atomic E-state index is 12.5. The Morgan fingerprint density at radius 1 is 0.881 bits per heavy atom. The van der Waals surface area contributed by atoms with Gasteiger partial charge in [0.1, 0.15) is 11.4 Å². The summed E-state index contributed by atoms with van der Waals surface area (Å²) in [7, 11) is 0. The molecule has 4 aromatic carbocycles. The number of phenols is 1. The molecule has 42 heavy (non-hydrogen) atoms. The summed E-state index contributed by atoms with van der Waals surface area (Å²) in [5.74, 6) is -0.337. The van der Waals surface area contributed by atoms with Crippen molar-refractivity contribution in [3.8, 4) is 34.2 Å². The van der Waals surface area contributed by atoms with Crippen LogP contribution >= 0.6 is 0 Å². The van der Waals surface area contributed by atoms with Crippen LogP contribution in [0.15, 0.2) is 101 Å². The zero-order chi connectivity index (χ0) is 29.9. The van der Waals surface area contributed by atoms with Crippen LogP contribution in [0.4, 0.5) is 29.3 Å². The minimum absolute atomic E-state index is 0.0132. The Hall–Kier alpha value is -5.32. The number of ether oxygens (including phenoxy) is 1. The number of rotatable bonds is 8. The van der Waals surface area contributed by atoms with E-state index in [2.05, 4.69) is 10.2 Å². The summed E-state index contributed by atoms with van der Waals surface area (Å²) in [6, 6.07) is 25.0. The molecule has 5 rings (SSSR count). The highest BCUT2D eigenvalue weighted by Gasteiger charge is 2.26. The van der Waals surface area contributed by atoms with E-state index >= 15 is 0 Å². The van der Waals surface area contributed by atoms with E-state index in [4.69, 9.17) is 9.84 Å². The average Bonchev–Trinajstić information content (AvgIpc) is 3.23. The average molecular weight is 576 g/mol. The van der Waals surface area contributed by atoms with Crippen LogP contribution in [0.3, 0.4) is 0 Å². The Bertz CT molecular complexity index is 1780. The van der Waals surface area contributed by atoms with Gasteiger partial charge in [0, 0.05) is 23.1 Å². The lowest BCUT2D eigenvalue weighted by molar-refractivity contribution is -0.135. The number of carbonyl (C=O) groups is 1. The lowest BCUT2D eigenvalue weighted by Crippen LogP contribution is -2.07. The van der Waals surface area contributed by atoms with Gasteiger partial charge in [0.25, 0.3) is 0 Å². The molecule has 0 aliphatic heterocycles. The Morgan fingerprint density at radius 3 is 2.36 bits per heavy atom. The van der Waals surface area contributed by atoms with E-state index < -0.39 is 18.8 Å². The van der Waals surface area contributed by atoms with Crippen molar-refractivity contribution < 1.29 is 38.0 Å². The number of aromatic hydroxyl groups is 2. The van der Waals surface area contributed by atoms with E-state index in [9.17, 15) is 28.2 Å². The monoisotopic (exact) mass is 575 g/mol. The summed E-state index contributed by atoms with van der Waals surface area (Å²) in [5.41, 5.74) is 3.07. The lowest BCUT2D eigenvalue weighted by Gasteiger charge is -2.09. The third-order valence-corrected chi connectivity index (χ3v) is 6.57.